The van der Waals surface area contributed by atoms with E-state index < -0.39 is 0 Å². The second-order valence-electron chi connectivity index (χ2n) is 5.20. The molecule has 0 spiro atoms. The number of fused-ring (bicyclic) bond motifs is 1. The molecule has 3 rings (SSSR count). The maximum Gasteiger partial charge on any atom is 0.307 e. The number of aromatic nitrogens is 1. The average Bonchev–Trinajstić information content (AvgIpc) is 3.29. The van der Waals surface area contributed by atoms with Crippen LogP contribution < -0.4 is 4.80 Å². The van der Waals surface area contributed by atoms with Crippen molar-refractivity contribution in [2.75, 3.05) is 7.11 Å². The number of esters is 1. The number of thiazole rings is 1. The van der Waals surface area contributed by atoms with Crippen LogP contribution in [-0.4, -0.2) is 23.6 Å². The molecule has 0 atom stereocenters. The van der Waals surface area contributed by atoms with Gasteiger partial charge in [-0.3, -0.25) is 9.59 Å². The van der Waals surface area contributed by atoms with Crippen LogP contribution in [0.5, 0.6) is 0 Å². The lowest BCUT2D eigenvalue weighted by Gasteiger charge is -2.04. The fourth-order valence-electron chi connectivity index (χ4n) is 2.17. The molecule has 1 aliphatic rings. The topological polar surface area (TPSA) is 60.7 Å². The van der Waals surface area contributed by atoms with Gasteiger partial charge in [0.25, 0.3) is 5.91 Å². The van der Waals surface area contributed by atoms with Crippen molar-refractivity contribution in [1.82, 2.24) is 4.57 Å². The summed E-state index contributed by atoms with van der Waals surface area (Å²) in [6.45, 7) is 0.422. The minimum Gasteiger partial charge on any atom is -0.469 e. The minimum atomic E-state index is -0.291. The van der Waals surface area contributed by atoms with Gasteiger partial charge in [-0.15, -0.1) is 0 Å². The second kappa shape index (κ2) is 6.22. The number of nitrogens with zero attached hydrogens (tertiary/aromatic N) is 2. The van der Waals surface area contributed by atoms with Crippen LogP contribution >= 0.6 is 22.9 Å². The first kappa shape index (κ1) is 15.2. The Morgan fingerprint density at radius 2 is 2.23 bits per heavy atom. The summed E-state index contributed by atoms with van der Waals surface area (Å²) in [6.07, 6.45) is 2.07. The fourth-order valence-corrected chi connectivity index (χ4v) is 3.51. The lowest BCUT2D eigenvalue weighted by Crippen LogP contribution is -2.19. The molecule has 1 aromatic carbocycles. The number of halogens is 1. The zero-order chi connectivity index (χ0) is 15.7. The van der Waals surface area contributed by atoms with Crippen molar-refractivity contribution >= 4 is 45.0 Å². The number of carbonyl (C=O) groups excluding carboxylic acids is 2. The van der Waals surface area contributed by atoms with Gasteiger partial charge in [-0.2, -0.15) is 4.99 Å². The van der Waals surface area contributed by atoms with Crippen LogP contribution in [0.15, 0.2) is 23.2 Å². The fraction of sp³-hybridized carbons (Fsp3) is 0.400. The molecule has 1 aromatic heterocycles. The predicted molar refractivity (Wildman–Crippen MR) is 84.8 cm³/mol. The Morgan fingerprint density at radius 3 is 2.91 bits per heavy atom. The number of rotatable bonds is 4. The van der Waals surface area contributed by atoms with Crippen LogP contribution in [0.1, 0.15) is 19.3 Å². The first-order chi connectivity index (χ1) is 10.6. The van der Waals surface area contributed by atoms with Crippen LogP contribution in [0, 0.1) is 5.92 Å². The summed E-state index contributed by atoms with van der Waals surface area (Å²) >= 11 is 7.43. The van der Waals surface area contributed by atoms with Crippen molar-refractivity contribution in [3.05, 3.63) is 28.0 Å². The van der Waals surface area contributed by atoms with Gasteiger partial charge in [0.15, 0.2) is 4.80 Å². The number of aryl methyl sites for hydroxylation is 1. The molecule has 7 heteroatoms. The molecule has 1 aliphatic carbocycles. The highest BCUT2D eigenvalue weighted by Gasteiger charge is 2.29. The molecule has 0 bridgehead atoms. The Bertz CT molecular complexity index is 805. The van der Waals surface area contributed by atoms with Crippen molar-refractivity contribution in [2.24, 2.45) is 10.9 Å². The molecule has 0 N–H and O–H groups in total. The van der Waals surface area contributed by atoms with E-state index >= 15 is 0 Å². The molecule has 0 unspecified atom stereocenters. The maximum absolute atomic E-state index is 12.0. The number of amides is 1. The molecule has 0 saturated heterocycles. The highest BCUT2D eigenvalue weighted by Crippen LogP contribution is 2.30. The van der Waals surface area contributed by atoms with Gasteiger partial charge in [0.05, 0.1) is 23.7 Å². The van der Waals surface area contributed by atoms with Crippen molar-refractivity contribution < 1.29 is 14.3 Å². The van der Waals surface area contributed by atoms with Gasteiger partial charge < -0.3 is 9.30 Å². The Labute approximate surface area is 136 Å². The zero-order valence-electron chi connectivity index (χ0n) is 12.0. The van der Waals surface area contributed by atoms with Crippen molar-refractivity contribution in [1.29, 1.82) is 0 Å². The van der Waals surface area contributed by atoms with Crippen molar-refractivity contribution in [3.8, 4) is 0 Å². The second-order valence-corrected chi connectivity index (χ2v) is 6.64. The lowest BCUT2D eigenvalue weighted by molar-refractivity contribution is -0.140. The van der Waals surface area contributed by atoms with E-state index in [1.807, 2.05) is 16.7 Å². The smallest absolute Gasteiger partial charge is 0.307 e. The van der Waals surface area contributed by atoms with Gasteiger partial charge in [-0.05, 0) is 31.0 Å². The molecule has 1 heterocycles. The van der Waals surface area contributed by atoms with Gasteiger partial charge in [-0.25, -0.2) is 0 Å². The van der Waals surface area contributed by atoms with Crippen LogP contribution in [0.3, 0.4) is 0 Å². The quantitative estimate of drug-likeness (QED) is 0.805. The third-order valence-corrected chi connectivity index (χ3v) is 4.82. The Kier molecular flexibility index (Phi) is 4.31. The summed E-state index contributed by atoms with van der Waals surface area (Å²) in [5, 5.41) is 0.633. The first-order valence-electron chi connectivity index (χ1n) is 7.03. The Hall–Kier alpha value is -1.66. The van der Waals surface area contributed by atoms with E-state index in [-0.39, 0.29) is 24.2 Å². The van der Waals surface area contributed by atoms with E-state index in [4.69, 9.17) is 11.6 Å². The summed E-state index contributed by atoms with van der Waals surface area (Å²) in [5.41, 5.74) is 0.917. The van der Waals surface area contributed by atoms with E-state index in [1.54, 1.807) is 6.07 Å². The molecule has 1 saturated carbocycles. The number of carbonyl (C=O) groups is 2. The molecular formula is C15H15ClN2O3S. The van der Waals surface area contributed by atoms with E-state index in [9.17, 15) is 9.59 Å². The summed E-state index contributed by atoms with van der Waals surface area (Å²) in [4.78, 5) is 28.2. The van der Waals surface area contributed by atoms with Gasteiger partial charge in [-0.1, -0.05) is 22.9 Å². The van der Waals surface area contributed by atoms with E-state index in [0.29, 0.717) is 16.4 Å². The third-order valence-electron chi connectivity index (χ3n) is 3.54. The predicted octanol–water partition coefficient (Wildman–Crippen LogP) is 2.76. The van der Waals surface area contributed by atoms with Crippen LogP contribution in [0.2, 0.25) is 5.02 Å². The maximum atomic E-state index is 12.0. The van der Waals surface area contributed by atoms with E-state index in [0.717, 1.165) is 23.1 Å². The van der Waals surface area contributed by atoms with Crippen LogP contribution in [0.25, 0.3) is 10.2 Å². The highest BCUT2D eigenvalue weighted by molar-refractivity contribution is 7.16. The van der Waals surface area contributed by atoms with Crippen molar-refractivity contribution in [3.63, 3.8) is 0 Å². The van der Waals surface area contributed by atoms with E-state index in [2.05, 4.69) is 9.73 Å². The van der Waals surface area contributed by atoms with Crippen LogP contribution in [0.4, 0.5) is 0 Å². The Morgan fingerprint density at radius 1 is 1.45 bits per heavy atom. The molecule has 22 heavy (non-hydrogen) atoms. The number of hydrogen-bond donors (Lipinski definition) is 0. The summed E-state index contributed by atoms with van der Waals surface area (Å²) in [6, 6.07) is 5.51. The number of hydrogen-bond acceptors (Lipinski definition) is 4. The molecule has 0 aliphatic heterocycles. The Balaban J connectivity index is 2.04. The SMILES string of the molecule is COC(=O)CCn1c(=NC(=O)C2CC2)sc2cc(Cl)ccc21. The number of ether oxygens (including phenoxy) is 1. The molecular weight excluding hydrogens is 324 g/mol. The minimum absolute atomic E-state index is 0.0721. The third kappa shape index (κ3) is 3.23. The standard InChI is InChI=1S/C15H15ClN2O3S/c1-21-13(19)6-7-18-11-5-4-10(16)8-12(11)22-15(18)17-14(20)9-2-3-9/h4-5,8-9H,2-3,6-7H2,1H3. The largest absolute Gasteiger partial charge is 0.469 e. The average molecular weight is 339 g/mol. The normalized spacial score (nSPS) is 15.3. The summed E-state index contributed by atoms with van der Waals surface area (Å²) < 4.78 is 7.51. The molecule has 1 fully saturated rings. The van der Waals surface area contributed by atoms with Crippen molar-refractivity contribution in [2.45, 2.75) is 25.8 Å². The van der Waals surface area contributed by atoms with Gasteiger partial charge in [0.1, 0.15) is 0 Å². The molecule has 5 nitrogen and oxygen atoms in total. The summed E-state index contributed by atoms with van der Waals surface area (Å²) in [7, 11) is 1.36. The van der Waals surface area contributed by atoms with E-state index in [1.165, 1.54) is 18.4 Å². The van der Waals surface area contributed by atoms with Gasteiger partial charge >= 0.3 is 5.97 Å². The molecule has 2 aromatic rings. The zero-order valence-corrected chi connectivity index (χ0v) is 13.6. The highest BCUT2D eigenvalue weighted by atomic mass is 35.5. The van der Waals surface area contributed by atoms with Gasteiger partial charge in [0, 0.05) is 17.5 Å². The molecule has 116 valence electrons. The molecule has 1 amide bonds. The number of benzene rings is 1. The summed E-state index contributed by atoms with van der Waals surface area (Å²) in [5.74, 6) is -0.299. The molecule has 0 radical (unpaired) electrons. The number of methoxy groups -OCH3 is 1. The first-order valence-corrected chi connectivity index (χ1v) is 8.22. The van der Waals surface area contributed by atoms with Gasteiger partial charge in [0.2, 0.25) is 0 Å². The van der Waals surface area contributed by atoms with Crippen LogP contribution in [-0.2, 0) is 20.9 Å². The monoisotopic (exact) mass is 338 g/mol. The lowest BCUT2D eigenvalue weighted by atomic mass is 10.3.